The summed E-state index contributed by atoms with van der Waals surface area (Å²) >= 11 is 0. The Labute approximate surface area is 118 Å². The lowest BCUT2D eigenvalue weighted by Gasteiger charge is -2.09. The van der Waals surface area contributed by atoms with Crippen LogP contribution in [0.5, 0.6) is 11.5 Å². The first-order valence-electron chi connectivity index (χ1n) is 6.62. The van der Waals surface area contributed by atoms with Gasteiger partial charge in [-0.2, -0.15) is 0 Å². The van der Waals surface area contributed by atoms with Gasteiger partial charge in [0.05, 0.1) is 27.0 Å². The lowest BCUT2D eigenvalue weighted by atomic mass is 10.2. The molecule has 0 saturated heterocycles. The van der Waals surface area contributed by atoms with E-state index in [1.165, 1.54) is 0 Å². The number of hydrogen-bond acceptors (Lipinski definition) is 5. The van der Waals surface area contributed by atoms with Crippen LogP contribution in [0.15, 0.2) is 28.8 Å². The van der Waals surface area contributed by atoms with Crippen molar-refractivity contribution < 1.29 is 13.9 Å². The van der Waals surface area contributed by atoms with Crippen molar-refractivity contribution in [2.75, 3.05) is 14.2 Å². The van der Waals surface area contributed by atoms with Gasteiger partial charge >= 0.3 is 0 Å². The van der Waals surface area contributed by atoms with E-state index < -0.39 is 0 Å². The van der Waals surface area contributed by atoms with Gasteiger partial charge in [-0.15, -0.1) is 0 Å². The third kappa shape index (κ3) is 3.51. The quantitative estimate of drug-likeness (QED) is 0.842. The number of oxazole rings is 1. The number of benzene rings is 1. The maximum atomic E-state index is 5.53. The lowest BCUT2D eigenvalue weighted by molar-refractivity contribution is 0.354. The molecule has 2 aromatic rings. The van der Waals surface area contributed by atoms with Crippen molar-refractivity contribution in [3.63, 3.8) is 0 Å². The van der Waals surface area contributed by atoms with Gasteiger partial charge in [0, 0.05) is 13.0 Å². The van der Waals surface area contributed by atoms with E-state index in [0.717, 1.165) is 29.2 Å². The van der Waals surface area contributed by atoms with Crippen LogP contribution < -0.4 is 14.8 Å². The predicted octanol–water partition coefficient (Wildman–Crippen LogP) is 2.54. The van der Waals surface area contributed by atoms with Gasteiger partial charge in [0.2, 0.25) is 5.89 Å². The summed E-state index contributed by atoms with van der Waals surface area (Å²) in [4.78, 5) is 4.21. The van der Waals surface area contributed by atoms with E-state index in [-0.39, 0.29) is 0 Å². The number of methoxy groups -OCH3 is 2. The summed E-state index contributed by atoms with van der Waals surface area (Å²) in [5.41, 5.74) is 1.12. The van der Waals surface area contributed by atoms with Crippen LogP contribution in [-0.2, 0) is 19.5 Å². The highest BCUT2D eigenvalue weighted by Crippen LogP contribution is 2.27. The van der Waals surface area contributed by atoms with Crippen LogP contribution in [0.25, 0.3) is 0 Å². The van der Waals surface area contributed by atoms with Crippen LogP contribution in [-0.4, -0.2) is 19.2 Å². The Morgan fingerprint density at radius 1 is 1.15 bits per heavy atom. The summed E-state index contributed by atoms with van der Waals surface area (Å²) in [7, 11) is 3.26. The van der Waals surface area contributed by atoms with Crippen LogP contribution in [0.4, 0.5) is 0 Å². The number of rotatable bonds is 7. The Morgan fingerprint density at radius 3 is 2.60 bits per heavy atom. The average Bonchev–Trinajstić information content (AvgIpc) is 2.95. The topological polar surface area (TPSA) is 56.5 Å². The molecule has 1 aromatic heterocycles. The second kappa shape index (κ2) is 6.96. The Bertz CT molecular complexity index is 552. The highest BCUT2D eigenvalue weighted by Gasteiger charge is 2.05. The molecule has 0 spiro atoms. The molecule has 1 aromatic carbocycles. The first-order valence-corrected chi connectivity index (χ1v) is 6.62. The van der Waals surface area contributed by atoms with Crippen LogP contribution in [0, 0.1) is 0 Å². The summed E-state index contributed by atoms with van der Waals surface area (Å²) in [5.74, 6) is 3.09. The van der Waals surface area contributed by atoms with Crippen molar-refractivity contribution in [3.8, 4) is 11.5 Å². The number of aryl methyl sites for hydroxylation is 1. The van der Waals surface area contributed by atoms with Crippen molar-refractivity contribution in [2.45, 2.75) is 26.4 Å². The number of ether oxygens (including phenoxy) is 2. The first kappa shape index (κ1) is 14.4. The van der Waals surface area contributed by atoms with Crippen molar-refractivity contribution in [3.05, 3.63) is 41.6 Å². The van der Waals surface area contributed by atoms with Gasteiger partial charge in [0.25, 0.3) is 0 Å². The maximum Gasteiger partial charge on any atom is 0.208 e. The minimum absolute atomic E-state index is 0.606. The van der Waals surface area contributed by atoms with Crippen LogP contribution in [0.3, 0.4) is 0 Å². The highest BCUT2D eigenvalue weighted by atomic mass is 16.5. The monoisotopic (exact) mass is 276 g/mol. The van der Waals surface area contributed by atoms with Gasteiger partial charge in [-0.3, -0.25) is 0 Å². The zero-order valence-electron chi connectivity index (χ0n) is 12.1. The van der Waals surface area contributed by atoms with Gasteiger partial charge in [-0.1, -0.05) is 13.0 Å². The van der Waals surface area contributed by atoms with Crippen molar-refractivity contribution in [2.24, 2.45) is 0 Å². The van der Waals surface area contributed by atoms with Crippen LogP contribution >= 0.6 is 0 Å². The van der Waals surface area contributed by atoms with E-state index in [2.05, 4.69) is 10.3 Å². The minimum Gasteiger partial charge on any atom is -0.493 e. The zero-order valence-corrected chi connectivity index (χ0v) is 12.1. The first-order chi connectivity index (χ1) is 9.76. The van der Waals surface area contributed by atoms with E-state index in [1.54, 1.807) is 20.4 Å². The largest absolute Gasteiger partial charge is 0.493 e. The predicted molar refractivity (Wildman–Crippen MR) is 76.0 cm³/mol. The van der Waals surface area contributed by atoms with Gasteiger partial charge in [-0.05, 0) is 17.7 Å². The Morgan fingerprint density at radius 2 is 1.95 bits per heavy atom. The Balaban J connectivity index is 1.90. The zero-order chi connectivity index (χ0) is 14.4. The molecule has 0 amide bonds. The Hall–Kier alpha value is -2.01. The summed E-state index contributed by atoms with van der Waals surface area (Å²) in [5, 5.41) is 3.29. The molecule has 2 rings (SSSR count). The molecule has 20 heavy (non-hydrogen) atoms. The molecule has 5 heteroatoms. The molecule has 0 aliphatic heterocycles. The molecule has 0 aliphatic carbocycles. The van der Waals surface area contributed by atoms with Crippen molar-refractivity contribution in [1.29, 1.82) is 0 Å². The molecule has 1 heterocycles. The van der Waals surface area contributed by atoms with Crippen molar-refractivity contribution in [1.82, 2.24) is 10.3 Å². The van der Waals surface area contributed by atoms with E-state index in [0.29, 0.717) is 19.0 Å². The standard InChI is InChI=1S/C15H20N2O3/c1-4-12-9-17-15(20-12)10-16-8-11-5-6-13(18-2)14(7-11)19-3/h5-7,9,16H,4,8,10H2,1-3H3. The summed E-state index contributed by atoms with van der Waals surface area (Å²) in [6.07, 6.45) is 2.64. The van der Waals surface area contributed by atoms with E-state index in [4.69, 9.17) is 13.9 Å². The van der Waals surface area contributed by atoms with E-state index >= 15 is 0 Å². The van der Waals surface area contributed by atoms with Crippen molar-refractivity contribution >= 4 is 0 Å². The average molecular weight is 276 g/mol. The Kier molecular flexibility index (Phi) is 5.01. The molecule has 0 bridgehead atoms. The molecule has 0 saturated carbocycles. The molecule has 0 atom stereocenters. The number of nitrogens with zero attached hydrogens (tertiary/aromatic N) is 1. The molecular formula is C15H20N2O3. The fourth-order valence-electron chi connectivity index (χ4n) is 1.90. The molecule has 0 aliphatic rings. The van der Waals surface area contributed by atoms with Crippen LogP contribution in [0.2, 0.25) is 0 Å². The third-order valence-electron chi connectivity index (χ3n) is 3.00. The highest BCUT2D eigenvalue weighted by molar-refractivity contribution is 5.42. The normalized spacial score (nSPS) is 10.6. The lowest BCUT2D eigenvalue weighted by Crippen LogP contribution is -2.13. The van der Waals surface area contributed by atoms with Gasteiger partial charge in [0.15, 0.2) is 11.5 Å². The smallest absolute Gasteiger partial charge is 0.208 e. The van der Waals surface area contributed by atoms with Crippen LogP contribution in [0.1, 0.15) is 24.1 Å². The molecule has 0 radical (unpaired) electrons. The molecule has 0 fully saturated rings. The van der Waals surface area contributed by atoms with Gasteiger partial charge in [0.1, 0.15) is 5.76 Å². The number of hydrogen-bond donors (Lipinski definition) is 1. The van der Waals surface area contributed by atoms with Gasteiger partial charge < -0.3 is 19.2 Å². The van der Waals surface area contributed by atoms with Gasteiger partial charge in [-0.25, -0.2) is 4.98 Å². The fourth-order valence-corrected chi connectivity index (χ4v) is 1.90. The molecule has 5 nitrogen and oxygen atoms in total. The number of aromatic nitrogens is 1. The second-order valence-electron chi connectivity index (χ2n) is 4.37. The molecule has 108 valence electrons. The summed E-state index contributed by atoms with van der Waals surface area (Å²) < 4.78 is 16.0. The SMILES string of the molecule is CCc1cnc(CNCc2ccc(OC)c(OC)c2)o1. The molecular weight excluding hydrogens is 256 g/mol. The second-order valence-corrected chi connectivity index (χ2v) is 4.37. The fraction of sp³-hybridized carbons (Fsp3) is 0.400. The van der Waals surface area contributed by atoms with E-state index in [9.17, 15) is 0 Å². The van der Waals surface area contributed by atoms with E-state index in [1.807, 2.05) is 25.1 Å². The molecule has 0 unspecified atom stereocenters. The molecule has 1 N–H and O–H groups in total. The third-order valence-corrected chi connectivity index (χ3v) is 3.00. The summed E-state index contributed by atoms with van der Waals surface area (Å²) in [6.45, 7) is 3.36. The number of nitrogens with one attached hydrogen (secondary N) is 1. The summed E-state index contributed by atoms with van der Waals surface area (Å²) in [6, 6.07) is 5.86. The maximum absolute atomic E-state index is 5.53. The minimum atomic E-state index is 0.606.